The van der Waals surface area contributed by atoms with E-state index < -0.39 is 40.9 Å². The van der Waals surface area contributed by atoms with Crippen molar-refractivity contribution in [2.75, 3.05) is 19.7 Å². The number of fused-ring (bicyclic) bond motifs is 5. The molecule has 7 atom stereocenters. The number of Topliss-reactive ketones (excluding diaryl/α,β-unsaturated/α-hetero) is 1. The van der Waals surface area contributed by atoms with E-state index in [1.54, 1.807) is 24.3 Å². The van der Waals surface area contributed by atoms with Crippen LogP contribution in [-0.4, -0.2) is 64.1 Å². The number of carbonyl (C=O) groups is 3. The fourth-order valence-corrected chi connectivity index (χ4v) is 8.62. The fraction of sp³-hybridized carbons (Fsp3) is 0.606. The van der Waals surface area contributed by atoms with Crippen molar-refractivity contribution >= 4 is 17.5 Å². The third kappa shape index (κ3) is 4.60. The van der Waals surface area contributed by atoms with Gasteiger partial charge in [0.1, 0.15) is 5.60 Å². The molecule has 216 valence electrons. The molecule has 0 radical (unpaired) electrons. The minimum Gasteiger partial charge on any atom is -0.454 e. The van der Waals surface area contributed by atoms with Gasteiger partial charge in [-0.1, -0.05) is 51.5 Å². The van der Waals surface area contributed by atoms with Gasteiger partial charge in [0.2, 0.25) is 5.78 Å². The van der Waals surface area contributed by atoms with E-state index in [0.29, 0.717) is 12.0 Å². The van der Waals surface area contributed by atoms with Gasteiger partial charge in [0.15, 0.2) is 12.4 Å². The zero-order valence-electron chi connectivity index (χ0n) is 24.2. The molecule has 7 heteroatoms. The Balaban J connectivity index is 1.30. The van der Waals surface area contributed by atoms with Crippen LogP contribution >= 0.6 is 0 Å². The van der Waals surface area contributed by atoms with Gasteiger partial charge in [-0.15, -0.1) is 0 Å². The summed E-state index contributed by atoms with van der Waals surface area (Å²) in [6.07, 6.45) is 7.37. The Morgan fingerprint density at radius 2 is 1.90 bits per heavy atom. The molecule has 1 aromatic carbocycles. The lowest BCUT2D eigenvalue weighted by atomic mass is 9.46. The number of benzene rings is 1. The van der Waals surface area contributed by atoms with Gasteiger partial charge in [0.25, 0.3) is 0 Å². The molecule has 0 heterocycles. The number of aliphatic hydroxyl groups excluding tert-OH is 1. The van der Waals surface area contributed by atoms with Crippen LogP contribution in [0.1, 0.15) is 75.7 Å². The van der Waals surface area contributed by atoms with Crippen LogP contribution in [0.15, 0.2) is 48.1 Å². The third-order valence-corrected chi connectivity index (χ3v) is 10.9. The molecule has 4 aliphatic rings. The Kier molecular flexibility index (Phi) is 7.70. The molecule has 0 bridgehead atoms. The maximum Gasteiger partial charge on any atom is 0.338 e. The number of aliphatic hydroxyl groups is 2. The highest BCUT2D eigenvalue weighted by molar-refractivity contribution is 6.01. The predicted octanol–water partition coefficient (Wildman–Crippen LogP) is 4.26. The van der Waals surface area contributed by atoms with Crippen LogP contribution in [0.4, 0.5) is 0 Å². The molecule has 0 saturated heterocycles. The molecule has 40 heavy (non-hydrogen) atoms. The molecule has 0 aromatic heterocycles. The zero-order chi connectivity index (χ0) is 28.9. The van der Waals surface area contributed by atoms with Gasteiger partial charge in [-0.2, -0.15) is 0 Å². The summed E-state index contributed by atoms with van der Waals surface area (Å²) in [5.41, 5.74) is -0.458. The smallest absolute Gasteiger partial charge is 0.338 e. The Morgan fingerprint density at radius 1 is 1.15 bits per heavy atom. The zero-order valence-corrected chi connectivity index (χ0v) is 24.2. The summed E-state index contributed by atoms with van der Waals surface area (Å²) in [6.45, 7) is 10.2. The van der Waals surface area contributed by atoms with E-state index in [9.17, 15) is 24.6 Å². The van der Waals surface area contributed by atoms with Gasteiger partial charge < -0.3 is 14.9 Å². The Morgan fingerprint density at radius 3 is 2.62 bits per heavy atom. The van der Waals surface area contributed by atoms with Crippen LogP contribution in [0.3, 0.4) is 0 Å². The first-order chi connectivity index (χ1) is 19.0. The van der Waals surface area contributed by atoms with Crippen molar-refractivity contribution in [2.45, 2.75) is 78.0 Å². The molecular weight excluding hydrogens is 506 g/mol. The molecule has 1 aromatic rings. The minimum atomic E-state index is -1.68. The van der Waals surface area contributed by atoms with Crippen molar-refractivity contribution in [1.82, 2.24) is 4.90 Å². The molecule has 3 saturated carbocycles. The van der Waals surface area contributed by atoms with E-state index in [0.717, 1.165) is 43.6 Å². The lowest BCUT2D eigenvalue weighted by molar-refractivity contribution is -0.178. The maximum absolute atomic E-state index is 13.6. The van der Waals surface area contributed by atoms with E-state index in [1.807, 2.05) is 25.1 Å². The van der Waals surface area contributed by atoms with Crippen molar-refractivity contribution in [3.8, 4) is 0 Å². The van der Waals surface area contributed by atoms with Crippen molar-refractivity contribution in [3.63, 3.8) is 0 Å². The first kappa shape index (κ1) is 28.9. The highest BCUT2D eigenvalue weighted by atomic mass is 16.5. The van der Waals surface area contributed by atoms with Gasteiger partial charge in [0.05, 0.1) is 11.7 Å². The molecule has 2 N–H and O–H groups in total. The van der Waals surface area contributed by atoms with E-state index in [4.69, 9.17) is 4.74 Å². The van der Waals surface area contributed by atoms with Gasteiger partial charge >= 0.3 is 5.97 Å². The van der Waals surface area contributed by atoms with E-state index in [2.05, 4.69) is 25.7 Å². The average Bonchev–Trinajstić information content (AvgIpc) is 3.21. The van der Waals surface area contributed by atoms with Gasteiger partial charge in [-0.25, -0.2) is 4.79 Å². The topological polar surface area (TPSA) is 104 Å². The van der Waals surface area contributed by atoms with Gasteiger partial charge in [-0.3, -0.25) is 14.5 Å². The molecule has 5 rings (SSSR count). The van der Waals surface area contributed by atoms with Crippen LogP contribution < -0.4 is 0 Å². The number of esters is 1. The second kappa shape index (κ2) is 10.7. The molecule has 4 aliphatic carbocycles. The minimum absolute atomic E-state index is 0.00735. The highest BCUT2D eigenvalue weighted by Crippen LogP contribution is 2.67. The van der Waals surface area contributed by atoms with Crippen LogP contribution in [-0.2, 0) is 20.9 Å². The molecule has 0 unspecified atom stereocenters. The number of carbonyl (C=O) groups excluding carboxylic acids is 3. The molecule has 3 fully saturated rings. The van der Waals surface area contributed by atoms with E-state index in [-0.39, 0.29) is 36.4 Å². The van der Waals surface area contributed by atoms with Crippen molar-refractivity contribution in [1.29, 1.82) is 0 Å². The number of hydrogen-bond donors (Lipinski definition) is 2. The Bertz CT molecular complexity index is 1250. The predicted molar refractivity (Wildman–Crippen MR) is 151 cm³/mol. The Hall–Kier alpha value is -2.61. The second-order valence-corrected chi connectivity index (χ2v) is 12.8. The van der Waals surface area contributed by atoms with Crippen LogP contribution in [0.5, 0.6) is 0 Å². The van der Waals surface area contributed by atoms with Gasteiger partial charge in [-0.05, 0) is 86.9 Å². The quantitative estimate of drug-likeness (QED) is 0.467. The summed E-state index contributed by atoms with van der Waals surface area (Å²) < 4.78 is 5.46. The fourth-order valence-electron chi connectivity index (χ4n) is 8.62. The lowest BCUT2D eigenvalue weighted by Gasteiger charge is -2.59. The Labute approximate surface area is 237 Å². The number of rotatable bonds is 8. The average molecular weight is 550 g/mol. The molecule has 0 amide bonds. The van der Waals surface area contributed by atoms with Crippen LogP contribution in [0.25, 0.3) is 0 Å². The monoisotopic (exact) mass is 549 g/mol. The summed E-state index contributed by atoms with van der Waals surface area (Å²) in [5.74, 6) is -0.999. The number of hydrogen-bond acceptors (Lipinski definition) is 7. The van der Waals surface area contributed by atoms with Crippen LogP contribution in [0.2, 0.25) is 0 Å². The summed E-state index contributed by atoms with van der Waals surface area (Å²) in [5, 5.41) is 23.4. The summed E-state index contributed by atoms with van der Waals surface area (Å²) >= 11 is 0. The summed E-state index contributed by atoms with van der Waals surface area (Å²) in [7, 11) is 0. The van der Waals surface area contributed by atoms with Crippen molar-refractivity contribution in [2.24, 2.45) is 28.6 Å². The third-order valence-electron chi connectivity index (χ3n) is 10.9. The summed E-state index contributed by atoms with van der Waals surface area (Å²) in [4.78, 5) is 40.8. The molecular formula is C33H43NO6. The number of ketones is 2. The second-order valence-electron chi connectivity index (χ2n) is 12.8. The van der Waals surface area contributed by atoms with Crippen molar-refractivity contribution < 1.29 is 29.3 Å². The molecule has 0 spiro atoms. The summed E-state index contributed by atoms with van der Waals surface area (Å²) in [6, 6.07) is 7.26. The van der Waals surface area contributed by atoms with Gasteiger partial charge in [0, 0.05) is 23.3 Å². The number of ether oxygens (including phenoxy) is 1. The molecule has 7 nitrogen and oxygen atoms in total. The van der Waals surface area contributed by atoms with E-state index >= 15 is 0 Å². The molecule has 0 aliphatic heterocycles. The van der Waals surface area contributed by atoms with E-state index in [1.165, 1.54) is 0 Å². The normalized spacial score (nSPS) is 36.5. The number of allylic oxidation sites excluding steroid dienone is 4. The van der Waals surface area contributed by atoms with Crippen molar-refractivity contribution in [3.05, 3.63) is 59.2 Å². The lowest BCUT2D eigenvalue weighted by Crippen LogP contribution is -2.61. The van der Waals surface area contributed by atoms with Crippen LogP contribution in [0, 0.1) is 28.6 Å². The maximum atomic E-state index is 13.6. The number of nitrogens with zero attached hydrogens (tertiary/aromatic N) is 1. The SMILES string of the molecule is CCN(CC)Cc1cccc(C(=O)OCC(=O)[C@@]2(O)CC[C@H]3[C@@H]4CCC5=CC(=O)C=C[C@]5(C)[C@H]4[C@@H](O)C[C@@]32C)c1. The first-order valence-electron chi connectivity index (χ1n) is 14.8. The first-order valence-corrected chi connectivity index (χ1v) is 14.8. The highest BCUT2D eigenvalue weighted by Gasteiger charge is 2.68. The largest absolute Gasteiger partial charge is 0.454 e. The standard InChI is InChI=1S/C33H43NO6/c1-5-34(6-2)19-21-8-7-9-22(16-21)30(38)40-20-28(37)33(39)15-13-26-25-11-10-23-17-24(35)12-14-31(23,3)29(25)27(36)18-32(26,33)4/h7-9,12,14,16-17,25-27,29,36,39H,5-6,10-11,13,15,18-20H2,1-4H3/t25-,26-,27-,29+,31-,32-,33-/m0/s1.